The second-order valence-corrected chi connectivity index (χ2v) is 9.43. The lowest BCUT2D eigenvalue weighted by atomic mass is 10.00. The van der Waals surface area contributed by atoms with Gasteiger partial charge in [-0.15, -0.1) is 0 Å². The van der Waals surface area contributed by atoms with Gasteiger partial charge in [0.25, 0.3) is 0 Å². The quantitative estimate of drug-likeness (QED) is 0.746. The van der Waals surface area contributed by atoms with Gasteiger partial charge in [0.2, 0.25) is 10.0 Å². The summed E-state index contributed by atoms with van der Waals surface area (Å²) in [5.74, 6) is 6.40. The molecule has 2 rings (SSSR count). The van der Waals surface area contributed by atoms with Crippen molar-refractivity contribution in [3.63, 3.8) is 0 Å². The molecule has 2 heterocycles. The summed E-state index contributed by atoms with van der Waals surface area (Å²) in [6.07, 6.45) is 3.13. The molecule has 0 aliphatic carbocycles. The van der Waals surface area contributed by atoms with Crippen molar-refractivity contribution in [2.75, 3.05) is 18.8 Å². The molecule has 23 heavy (non-hydrogen) atoms. The van der Waals surface area contributed by atoms with Gasteiger partial charge < -0.3 is 5.73 Å². The predicted octanol–water partition coefficient (Wildman–Crippen LogP) is 2.88. The molecule has 1 fully saturated rings. The zero-order valence-corrected chi connectivity index (χ0v) is 16.2. The van der Waals surface area contributed by atoms with E-state index in [9.17, 15) is 8.42 Å². The van der Waals surface area contributed by atoms with Crippen molar-refractivity contribution in [3.8, 4) is 11.8 Å². The van der Waals surface area contributed by atoms with Gasteiger partial charge in [0.15, 0.2) is 0 Å². The van der Waals surface area contributed by atoms with E-state index in [0.29, 0.717) is 34.0 Å². The Labute approximate surface area is 150 Å². The molecule has 1 unspecified atom stereocenters. The third-order valence-corrected chi connectivity index (χ3v) is 7.32. The molecule has 1 atom stereocenters. The van der Waals surface area contributed by atoms with E-state index in [2.05, 4.69) is 32.8 Å². The Morgan fingerprint density at radius 3 is 2.87 bits per heavy atom. The lowest BCUT2D eigenvalue weighted by molar-refractivity contribution is 0.304. The van der Waals surface area contributed by atoms with Crippen LogP contribution in [-0.2, 0) is 10.0 Å². The lowest BCUT2D eigenvalue weighted by Gasteiger charge is -2.30. The highest BCUT2D eigenvalue weighted by Crippen LogP contribution is 2.28. The van der Waals surface area contributed by atoms with Gasteiger partial charge in [-0.1, -0.05) is 23.4 Å². The number of rotatable bonds is 2. The van der Waals surface area contributed by atoms with Crippen LogP contribution >= 0.6 is 27.5 Å². The minimum absolute atomic E-state index is 0.0254. The van der Waals surface area contributed by atoms with E-state index < -0.39 is 15.3 Å². The molecule has 1 saturated heterocycles. The highest BCUT2D eigenvalue weighted by molar-refractivity contribution is 9.10. The molecule has 1 aliphatic rings. The second kappa shape index (κ2) is 7.39. The lowest BCUT2D eigenvalue weighted by Crippen LogP contribution is -2.42. The number of sulfonamides is 1. The van der Waals surface area contributed by atoms with Gasteiger partial charge in [0.1, 0.15) is 5.82 Å². The molecule has 2 N–H and O–H groups in total. The van der Waals surface area contributed by atoms with E-state index in [4.69, 9.17) is 17.3 Å². The van der Waals surface area contributed by atoms with Crippen LogP contribution < -0.4 is 5.73 Å². The predicted molar refractivity (Wildman–Crippen MR) is 96.6 cm³/mol. The maximum atomic E-state index is 12.3. The highest BCUT2D eigenvalue weighted by atomic mass is 79.9. The van der Waals surface area contributed by atoms with Gasteiger partial charge >= 0.3 is 0 Å². The molecule has 5 nitrogen and oxygen atoms in total. The van der Waals surface area contributed by atoms with E-state index >= 15 is 0 Å². The number of anilines is 1. The average Bonchev–Trinajstić information content (AvgIpc) is 2.51. The van der Waals surface area contributed by atoms with Gasteiger partial charge in [-0.3, -0.25) is 0 Å². The van der Waals surface area contributed by atoms with Crippen molar-refractivity contribution in [3.05, 3.63) is 21.3 Å². The summed E-state index contributed by atoms with van der Waals surface area (Å²) in [6, 6.07) is 0. The molecule has 0 aromatic carbocycles. The Bertz CT molecular complexity index is 756. The van der Waals surface area contributed by atoms with Gasteiger partial charge in [0.05, 0.1) is 20.3 Å². The van der Waals surface area contributed by atoms with E-state index in [1.165, 1.54) is 10.5 Å². The number of aromatic nitrogens is 1. The highest BCUT2D eigenvalue weighted by Gasteiger charge is 2.30. The maximum Gasteiger partial charge on any atom is 0.216 e. The van der Waals surface area contributed by atoms with Gasteiger partial charge in [-0.05, 0) is 42.6 Å². The molecule has 0 spiro atoms. The van der Waals surface area contributed by atoms with Gasteiger partial charge in [-0.25, -0.2) is 17.7 Å². The summed E-state index contributed by atoms with van der Waals surface area (Å²) in [5.41, 5.74) is 6.38. The summed E-state index contributed by atoms with van der Waals surface area (Å²) in [5, 5.41) is 0.0206. The SMILES string of the molecule is CC(C)S(=O)(=O)N1CCCC(C#Cc2c(N)ncc(Cl)c2Br)C1. The number of nitrogen functional groups attached to an aromatic ring is 1. The third-order valence-electron chi connectivity index (χ3n) is 3.74. The van der Waals surface area contributed by atoms with E-state index in [1.54, 1.807) is 13.8 Å². The maximum absolute atomic E-state index is 12.3. The van der Waals surface area contributed by atoms with E-state index in [-0.39, 0.29) is 5.92 Å². The van der Waals surface area contributed by atoms with Crippen molar-refractivity contribution in [1.82, 2.24) is 9.29 Å². The minimum atomic E-state index is -3.24. The van der Waals surface area contributed by atoms with Gasteiger partial charge in [0, 0.05) is 25.2 Å². The van der Waals surface area contributed by atoms with Crippen LogP contribution in [0.15, 0.2) is 10.7 Å². The molecule has 1 aromatic heterocycles. The molecular weight excluding hydrogens is 402 g/mol. The van der Waals surface area contributed by atoms with Crippen LogP contribution in [0.2, 0.25) is 5.02 Å². The third kappa shape index (κ3) is 4.18. The van der Waals surface area contributed by atoms with Crippen LogP contribution in [-0.4, -0.2) is 36.0 Å². The number of hydrogen-bond acceptors (Lipinski definition) is 4. The number of pyridine rings is 1. The van der Waals surface area contributed by atoms with Crippen LogP contribution in [0.5, 0.6) is 0 Å². The van der Waals surface area contributed by atoms with E-state index in [1.807, 2.05) is 0 Å². The van der Waals surface area contributed by atoms with Crippen LogP contribution in [0.25, 0.3) is 0 Å². The fourth-order valence-corrected chi connectivity index (χ4v) is 4.28. The Hall–Kier alpha value is -0.810. The molecule has 0 saturated carbocycles. The summed E-state index contributed by atoms with van der Waals surface area (Å²) in [4.78, 5) is 3.99. The largest absolute Gasteiger partial charge is 0.383 e. The fraction of sp³-hybridized carbons (Fsp3) is 0.533. The fourth-order valence-electron chi connectivity index (χ4n) is 2.36. The Morgan fingerprint density at radius 2 is 2.22 bits per heavy atom. The molecule has 0 amide bonds. The molecule has 1 aliphatic heterocycles. The molecule has 0 radical (unpaired) electrons. The van der Waals surface area contributed by atoms with Crippen molar-refractivity contribution in [2.24, 2.45) is 5.92 Å². The van der Waals surface area contributed by atoms with Crippen LogP contribution in [0, 0.1) is 17.8 Å². The number of nitrogens with zero attached hydrogens (tertiary/aromatic N) is 2. The first kappa shape index (κ1) is 18.5. The molecule has 126 valence electrons. The zero-order valence-electron chi connectivity index (χ0n) is 13.0. The first-order valence-electron chi connectivity index (χ1n) is 7.33. The summed E-state index contributed by atoms with van der Waals surface area (Å²) < 4.78 is 26.7. The average molecular weight is 421 g/mol. The van der Waals surface area contributed by atoms with Crippen molar-refractivity contribution >= 4 is 43.4 Å². The zero-order chi connectivity index (χ0) is 17.2. The van der Waals surface area contributed by atoms with Crippen LogP contribution in [0.1, 0.15) is 32.3 Å². The van der Waals surface area contributed by atoms with Crippen LogP contribution in [0.4, 0.5) is 5.82 Å². The molecule has 1 aromatic rings. The first-order chi connectivity index (χ1) is 10.7. The van der Waals surface area contributed by atoms with Crippen molar-refractivity contribution in [2.45, 2.75) is 31.9 Å². The summed E-state index contributed by atoms with van der Waals surface area (Å²) >= 11 is 9.36. The molecular formula is C15H19BrClN3O2S. The normalized spacial score (nSPS) is 19.4. The molecule has 8 heteroatoms. The topological polar surface area (TPSA) is 76.3 Å². The number of nitrogens with two attached hydrogens (primary N) is 1. The minimum Gasteiger partial charge on any atom is -0.383 e. The van der Waals surface area contributed by atoms with Crippen LogP contribution in [0.3, 0.4) is 0 Å². The summed E-state index contributed by atoms with van der Waals surface area (Å²) in [7, 11) is -3.24. The summed E-state index contributed by atoms with van der Waals surface area (Å²) in [6.45, 7) is 4.36. The second-order valence-electron chi connectivity index (χ2n) is 5.74. The standard InChI is InChI=1S/C15H19BrClN3O2S/c1-10(2)23(21,22)20-7-3-4-11(9-20)5-6-12-14(16)13(17)8-19-15(12)18/h8,10-11H,3-4,7,9H2,1-2H3,(H2,18,19). The van der Waals surface area contributed by atoms with Crippen molar-refractivity contribution in [1.29, 1.82) is 0 Å². The van der Waals surface area contributed by atoms with Gasteiger partial charge in [-0.2, -0.15) is 0 Å². The molecule has 0 bridgehead atoms. The van der Waals surface area contributed by atoms with Crippen molar-refractivity contribution < 1.29 is 8.42 Å². The smallest absolute Gasteiger partial charge is 0.216 e. The Balaban J connectivity index is 2.21. The number of hydrogen-bond donors (Lipinski definition) is 1. The number of piperidine rings is 1. The number of halogens is 2. The first-order valence-corrected chi connectivity index (χ1v) is 10.0. The Morgan fingerprint density at radius 1 is 1.52 bits per heavy atom. The van der Waals surface area contributed by atoms with E-state index in [0.717, 1.165) is 12.8 Å². The Kier molecular flexibility index (Phi) is 5.95. The monoisotopic (exact) mass is 419 g/mol.